The number of ketones is 1. The molecule has 0 unspecified atom stereocenters. The Kier molecular flexibility index (Phi) is 4.97. The number of nitrogens with zero attached hydrogens (tertiary/aromatic N) is 1. The summed E-state index contributed by atoms with van der Waals surface area (Å²) < 4.78 is 0. The number of benzene rings is 3. The van der Waals surface area contributed by atoms with E-state index in [0.29, 0.717) is 21.2 Å². The zero-order valence-corrected chi connectivity index (χ0v) is 16.2. The molecule has 3 aromatic carbocycles. The maximum absolute atomic E-state index is 13.5. The molecule has 132 valence electrons. The van der Waals surface area contributed by atoms with Crippen molar-refractivity contribution in [2.75, 3.05) is 6.26 Å². The van der Waals surface area contributed by atoms with E-state index in [-0.39, 0.29) is 5.78 Å². The number of aromatic nitrogens is 1. The lowest BCUT2D eigenvalue weighted by Gasteiger charge is -2.16. The van der Waals surface area contributed by atoms with Crippen molar-refractivity contribution in [3.8, 4) is 11.1 Å². The second-order valence-electron chi connectivity index (χ2n) is 6.06. The molecular weight excluding hydrogens is 374 g/mol. The molecule has 0 spiro atoms. The molecule has 1 aromatic heterocycles. The van der Waals surface area contributed by atoms with Crippen molar-refractivity contribution in [1.29, 1.82) is 0 Å². The molecule has 4 rings (SSSR count). The first-order valence-electron chi connectivity index (χ1n) is 8.52. The average Bonchev–Trinajstić information content (AvgIpc) is 2.72. The first-order chi connectivity index (χ1) is 13.2. The Balaban J connectivity index is 2.10. The van der Waals surface area contributed by atoms with E-state index >= 15 is 0 Å². The van der Waals surface area contributed by atoms with Crippen LogP contribution in [0.5, 0.6) is 0 Å². The second kappa shape index (κ2) is 7.55. The van der Waals surface area contributed by atoms with Gasteiger partial charge in [-0.05, 0) is 30.0 Å². The van der Waals surface area contributed by atoms with Crippen molar-refractivity contribution < 1.29 is 4.79 Å². The molecule has 0 saturated heterocycles. The fraction of sp³-hybridized carbons (Fsp3) is 0.0435. The van der Waals surface area contributed by atoms with Crippen molar-refractivity contribution in [2.45, 2.75) is 5.03 Å². The van der Waals surface area contributed by atoms with Gasteiger partial charge in [0.1, 0.15) is 5.03 Å². The Morgan fingerprint density at radius 1 is 0.889 bits per heavy atom. The van der Waals surface area contributed by atoms with Gasteiger partial charge in [-0.1, -0.05) is 72.3 Å². The van der Waals surface area contributed by atoms with Crippen LogP contribution in [0.2, 0.25) is 5.02 Å². The van der Waals surface area contributed by atoms with Crippen molar-refractivity contribution >= 4 is 40.0 Å². The largest absolute Gasteiger partial charge is 0.288 e. The van der Waals surface area contributed by atoms with Crippen LogP contribution >= 0.6 is 23.4 Å². The third-order valence-electron chi connectivity index (χ3n) is 4.46. The van der Waals surface area contributed by atoms with Crippen molar-refractivity contribution in [3.63, 3.8) is 0 Å². The fourth-order valence-electron chi connectivity index (χ4n) is 3.23. The first-order valence-corrected chi connectivity index (χ1v) is 10.1. The predicted molar refractivity (Wildman–Crippen MR) is 114 cm³/mol. The van der Waals surface area contributed by atoms with Crippen LogP contribution in [-0.2, 0) is 0 Å². The molecule has 0 fully saturated rings. The van der Waals surface area contributed by atoms with Crippen LogP contribution in [0.15, 0.2) is 83.9 Å². The standard InChI is InChI=1S/C23H16ClNOS/c1-27-23-21(22(26)16-11-5-7-13-18(16)24)20(15-9-3-2-4-10-15)17-12-6-8-14-19(17)25-23/h2-14H,1H3. The summed E-state index contributed by atoms with van der Waals surface area (Å²) in [5, 5.41) is 2.11. The van der Waals surface area contributed by atoms with Crippen LogP contribution in [0, 0.1) is 0 Å². The van der Waals surface area contributed by atoms with Gasteiger partial charge in [-0.15, -0.1) is 11.8 Å². The molecule has 27 heavy (non-hydrogen) atoms. The van der Waals surface area contributed by atoms with E-state index in [1.807, 2.05) is 73.0 Å². The Morgan fingerprint density at radius 3 is 2.30 bits per heavy atom. The molecule has 0 N–H and O–H groups in total. The smallest absolute Gasteiger partial charge is 0.197 e. The monoisotopic (exact) mass is 389 g/mol. The van der Waals surface area contributed by atoms with E-state index in [4.69, 9.17) is 16.6 Å². The van der Waals surface area contributed by atoms with E-state index < -0.39 is 0 Å². The number of pyridine rings is 1. The number of fused-ring (bicyclic) bond motifs is 1. The molecule has 0 saturated carbocycles. The highest BCUT2D eigenvalue weighted by Crippen LogP contribution is 2.38. The number of halogens is 1. The Labute approximate surface area is 167 Å². The normalized spacial score (nSPS) is 10.9. The van der Waals surface area contributed by atoms with E-state index in [2.05, 4.69) is 0 Å². The molecule has 0 aliphatic heterocycles. The number of hydrogen-bond donors (Lipinski definition) is 0. The lowest BCUT2D eigenvalue weighted by atomic mass is 9.92. The van der Waals surface area contributed by atoms with Gasteiger partial charge in [0.25, 0.3) is 0 Å². The summed E-state index contributed by atoms with van der Waals surface area (Å²) in [6.45, 7) is 0. The second-order valence-corrected chi connectivity index (χ2v) is 7.27. The molecule has 2 nitrogen and oxygen atoms in total. The van der Waals surface area contributed by atoms with Crippen molar-refractivity contribution in [3.05, 3.63) is 95.0 Å². The van der Waals surface area contributed by atoms with Gasteiger partial charge in [0.05, 0.1) is 16.1 Å². The molecule has 1 heterocycles. The van der Waals surface area contributed by atoms with Gasteiger partial charge >= 0.3 is 0 Å². The molecule has 4 aromatic rings. The van der Waals surface area contributed by atoms with Gasteiger partial charge in [0.15, 0.2) is 5.78 Å². The van der Waals surface area contributed by atoms with Gasteiger partial charge < -0.3 is 0 Å². The van der Waals surface area contributed by atoms with Gasteiger partial charge in [-0.2, -0.15) is 0 Å². The zero-order chi connectivity index (χ0) is 18.8. The average molecular weight is 390 g/mol. The van der Waals surface area contributed by atoms with Crippen LogP contribution in [0.1, 0.15) is 15.9 Å². The number of rotatable bonds is 4. The lowest BCUT2D eigenvalue weighted by Crippen LogP contribution is -2.08. The highest BCUT2D eigenvalue weighted by atomic mass is 35.5. The van der Waals surface area contributed by atoms with Gasteiger partial charge in [0, 0.05) is 16.5 Å². The zero-order valence-electron chi connectivity index (χ0n) is 14.6. The number of carbonyl (C=O) groups is 1. The third kappa shape index (κ3) is 3.25. The van der Waals surface area contributed by atoms with E-state index in [9.17, 15) is 4.79 Å². The molecular formula is C23H16ClNOS. The molecule has 0 amide bonds. The fourth-order valence-corrected chi connectivity index (χ4v) is 4.04. The quantitative estimate of drug-likeness (QED) is 0.294. The number of para-hydroxylation sites is 1. The van der Waals surface area contributed by atoms with E-state index in [1.165, 1.54) is 11.8 Å². The van der Waals surface area contributed by atoms with Crippen molar-refractivity contribution in [1.82, 2.24) is 4.98 Å². The first kappa shape index (κ1) is 17.8. The Morgan fingerprint density at radius 2 is 1.56 bits per heavy atom. The maximum atomic E-state index is 13.5. The summed E-state index contributed by atoms with van der Waals surface area (Å²) in [6.07, 6.45) is 1.94. The van der Waals surface area contributed by atoms with E-state index in [0.717, 1.165) is 22.0 Å². The van der Waals surface area contributed by atoms with Crippen LogP contribution < -0.4 is 0 Å². The molecule has 0 aliphatic carbocycles. The molecule has 0 aliphatic rings. The lowest BCUT2D eigenvalue weighted by molar-refractivity contribution is 0.103. The SMILES string of the molecule is CSc1nc2ccccc2c(-c2ccccc2)c1C(=O)c1ccccc1Cl. The Bertz CT molecular complexity index is 1140. The predicted octanol–water partition coefficient (Wildman–Crippen LogP) is 6.51. The minimum absolute atomic E-state index is 0.109. The van der Waals surface area contributed by atoms with Gasteiger partial charge in [0.2, 0.25) is 0 Å². The summed E-state index contributed by atoms with van der Waals surface area (Å²) in [6, 6.07) is 25.1. The molecule has 0 bridgehead atoms. The summed E-state index contributed by atoms with van der Waals surface area (Å²) in [5.74, 6) is -0.109. The minimum atomic E-state index is -0.109. The molecule has 0 atom stereocenters. The summed E-state index contributed by atoms with van der Waals surface area (Å²) >= 11 is 7.81. The Hall–Kier alpha value is -2.62. The van der Waals surface area contributed by atoms with Crippen LogP contribution in [-0.4, -0.2) is 17.0 Å². The topological polar surface area (TPSA) is 30.0 Å². The maximum Gasteiger partial charge on any atom is 0.197 e. The number of carbonyl (C=O) groups excluding carboxylic acids is 1. The highest BCUT2D eigenvalue weighted by molar-refractivity contribution is 7.98. The summed E-state index contributed by atoms with van der Waals surface area (Å²) in [7, 11) is 0. The number of thioether (sulfide) groups is 1. The molecule has 4 heteroatoms. The van der Waals surface area contributed by atoms with Gasteiger partial charge in [-0.25, -0.2) is 4.98 Å². The minimum Gasteiger partial charge on any atom is -0.288 e. The highest BCUT2D eigenvalue weighted by Gasteiger charge is 2.24. The summed E-state index contributed by atoms with van der Waals surface area (Å²) in [5.41, 5.74) is 3.85. The van der Waals surface area contributed by atoms with Crippen molar-refractivity contribution in [2.24, 2.45) is 0 Å². The number of hydrogen-bond acceptors (Lipinski definition) is 3. The van der Waals surface area contributed by atoms with E-state index in [1.54, 1.807) is 12.1 Å². The van der Waals surface area contributed by atoms with Gasteiger partial charge in [-0.3, -0.25) is 4.79 Å². The summed E-state index contributed by atoms with van der Waals surface area (Å²) in [4.78, 5) is 18.3. The third-order valence-corrected chi connectivity index (χ3v) is 5.47. The van der Waals surface area contributed by atoms with Crippen LogP contribution in [0.4, 0.5) is 0 Å². The van der Waals surface area contributed by atoms with Crippen LogP contribution in [0.25, 0.3) is 22.0 Å². The van der Waals surface area contributed by atoms with Crippen LogP contribution in [0.3, 0.4) is 0 Å². The molecule has 0 radical (unpaired) electrons.